The van der Waals surface area contributed by atoms with Gasteiger partial charge in [-0.3, -0.25) is 0 Å². The maximum atomic E-state index is 2.50. The summed E-state index contributed by atoms with van der Waals surface area (Å²) in [6.07, 6.45) is 0. The quantitative estimate of drug-likeness (QED) is 0.769. The van der Waals surface area contributed by atoms with Crippen molar-refractivity contribution >= 4 is 0 Å². The van der Waals surface area contributed by atoms with Crippen LogP contribution < -0.4 is 0 Å². The van der Waals surface area contributed by atoms with Gasteiger partial charge in [-0.05, 0) is 33.3 Å². The molecular formula is C14H22N2. The Morgan fingerprint density at radius 3 is 2.12 bits per heavy atom. The third-order valence-corrected chi connectivity index (χ3v) is 3.29. The average molecular weight is 218 g/mol. The van der Waals surface area contributed by atoms with Gasteiger partial charge in [0.05, 0.1) is 6.04 Å². The highest BCUT2D eigenvalue weighted by Gasteiger charge is 2.40. The number of hydrogen-bond acceptors (Lipinski definition) is 2. The third kappa shape index (κ3) is 2.00. The topological polar surface area (TPSA) is 6.48 Å². The highest BCUT2D eigenvalue weighted by atomic mass is 15.7. The second-order valence-electron chi connectivity index (χ2n) is 5.12. The number of hydrazine groups is 1. The maximum Gasteiger partial charge on any atom is 0.0639 e. The van der Waals surface area contributed by atoms with Crippen LogP contribution in [0.4, 0.5) is 0 Å². The second kappa shape index (κ2) is 4.56. The first-order valence-electron chi connectivity index (χ1n) is 6.21. The van der Waals surface area contributed by atoms with Crippen LogP contribution in [-0.4, -0.2) is 28.6 Å². The van der Waals surface area contributed by atoms with Gasteiger partial charge in [-0.2, -0.15) is 0 Å². The molecule has 1 aliphatic heterocycles. The minimum absolute atomic E-state index is 0.571. The lowest BCUT2D eigenvalue weighted by atomic mass is 10.00. The van der Waals surface area contributed by atoms with Crippen molar-refractivity contribution in [1.29, 1.82) is 0 Å². The molecule has 0 aliphatic carbocycles. The molecule has 1 atom stereocenters. The highest BCUT2D eigenvalue weighted by molar-refractivity contribution is 5.21. The second-order valence-corrected chi connectivity index (χ2v) is 5.12. The standard InChI is InChI=1S/C14H22N2/c1-11(2)15-10-14(16(15)12(3)4)13-8-6-5-7-9-13/h5-9,11-12,14H,10H2,1-4H3. The molecule has 0 saturated carbocycles. The van der Waals surface area contributed by atoms with E-state index in [1.807, 2.05) is 0 Å². The highest BCUT2D eigenvalue weighted by Crippen LogP contribution is 2.35. The van der Waals surface area contributed by atoms with Crippen molar-refractivity contribution in [1.82, 2.24) is 10.0 Å². The van der Waals surface area contributed by atoms with Gasteiger partial charge in [-0.1, -0.05) is 30.3 Å². The summed E-state index contributed by atoms with van der Waals surface area (Å²) in [5, 5.41) is 4.96. The van der Waals surface area contributed by atoms with Crippen LogP contribution in [0.15, 0.2) is 30.3 Å². The number of rotatable bonds is 3. The smallest absolute Gasteiger partial charge is 0.0639 e. The van der Waals surface area contributed by atoms with Crippen LogP contribution in [0.5, 0.6) is 0 Å². The zero-order valence-corrected chi connectivity index (χ0v) is 10.7. The molecule has 1 aromatic rings. The average Bonchev–Trinajstić information content (AvgIpc) is 2.16. The lowest BCUT2D eigenvalue weighted by Crippen LogP contribution is -2.63. The van der Waals surface area contributed by atoms with Crippen molar-refractivity contribution in [2.24, 2.45) is 0 Å². The fourth-order valence-corrected chi connectivity index (χ4v) is 2.51. The molecule has 1 saturated heterocycles. The van der Waals surface area contributed by atoms with E-state index < -0.39 is 0 Å². The Morgan fingerprint density at radius 1 is 1.00 bits per heavy atom. The summed E-state index contributed by atoms with van der Waals surface area (Å²) >= 11 is 0. The van der Waals surface area contributed by atoms with Crippen molar-refractivity contribution < 1.29 is 0 Å². The molecule has 16 heavy (non-hydrogen) atoms. The fraction of sp³-hybridized carbons (Fsp3) is 0.571. The van der Waals surface area contributed by atoms with Gasteiger partial charge in [0, 0.05) is 18.6 Å². The summed E-state index contributed by atoms with van der Waals surface area (Å²) in [6, 6.07) is 12.6. The van der Waals surface area contributed by atoms with Gasteiger partial charge in [0.2, 0.25) is 0 Å². The molecule has 1 aromatic carbocycles. The molecule has 0 N–H and O–H groups in total. The van der Waals surface area contributed by atoms with Gasteiger partial charge in [0.15, 0.2) is 0 Å². The molecule has 2 rings (SSSR count). The first kappa shape index (κ1) is 11.6. The van der Waals surface area contributed by atoms with E-state index in [2.05, 4.69) is 68.0 Å². The van der Waals surface area contributed by atoms with Crippen LogP contribution >= 0.6 is 0 Å². The molecule has 88 valence electrons. The van der Waals surface area contributed by atoms with E-state index >= 15 is 0 Å². The van der Waals surface area contributed by atoms with E-state index in [4.69, 9.17) is 0 Å². The Labute approximate surface area is 98.8 Å². The molecule has 1 heterocycles. The summed E-state index contributed by atoms with van der Waals surface area (Å²) in [5.74, 6) is 0. The number of hydrogen-bond donors (Lipinski definition) is 0. The zero-order valence-electron chi connectivity index (χ0n) is 10.7. The third-order valence-electron chi connectivity index (χ3n) is 3.29. The van der Waals surface area contributed by atoms with Gasteiger partial charge >= 0.3 is 0 Å². The SMILES string of the molecule is CC(C)N1CC(c2ccccc2)N1C(C)C. The van der Waals surface area contributed by atoms with Crippen molar-refractivity contribution in [3.63, 3.8) is 0 Å². The first-order chi connectivity index (χ1) is 7.61. The summed E-state index contributed by atoms with van der Waals surface area (Å²) in [7, 11) is 0. The van der Waals surface area contributed by atoms with Crippen LogP contribution in [0.1, 0.15) is 39.3 Å². The van der Waals surface area contributed by atoms with Gasteiger partial charge in [-0.15, -0.1) is 0 Å². The Balaban J connectivity index is 2.14. The minimum Gasteiger partial charge on any atom is -0.236 e. The summed E-state index contributed by atoms with van der Waals surface area (Å²) in [4.78, 5) is 0. The minimum atomic E-state index is 0.571. The van der Waals surface area contributed by atoms with E-state index in [0.29, 0.717) is 18.1 Å². The molecule has 1 fully saturated rings. The monoisotopic (exact) mass is 218 g/mol. The van der Waals surface area contributed by atoms with Gasteiger partial charge in [0.1, 0.15) is 0 Å². The van der Waals surface area contributed by atoms with Crippen molar-refractivity contribution in [2.75, 3.05) is 6.54 Å². The van der Waals surface area contributed by atoms with E-state index in [-0.39, 0.29) is 0 Å². The zero-order chi connectivity index (χ0) is 11.7. The van der Waals surface area contributed by atoms with E-state index in [9.17, 15) is 0 Å². The molecule has 0 amide bonds. The maximum absolute atomic E-state index is 2.50. The van der Waals surface area contributed by atoms with Crippen LogP contribution in [-0.2, 0) is 0 Å². The van der Waals surface area contributed by atoms with Gasteiger partial charge in [0.25, 0.3) is 0 Å². The van der Waals surface area contributed by atoms with E-state index in [0.717, 1.165) is 6.54 Å². The van der Waals surface area contributed by atoms with Crippen LogP contribution in [0.3, 0.4) is 0 Å². The lowest BCUT2D eigenvalue weighted by molar-refractivity contribution is -0.202. The van der Waals surface area contributed by atoms with Crippen molar-refractivity contribution in [3.05, 3.63) is 35.9 Å². The Morgan fingerprint density at radius 2 is 1.62 bits per heavy atom. The number of nitrogens with zero attached hydrogens (tertiary/aromatic N) is 2. The first-order valence-corrected chi connectivity index (χ1v) is 6.21. The molecular weight excluding hydrogens is 196 g/mol. The molecule has 0 aromatic heterocycles. The lowest BCUT2D eigenvalue weighted by Gasteiger charge is -2.55. The normalized spacial score (nSPS) is 22.8. The molecule has 0 spiro atoms. The molecule has 2 heteroatoms. The molecule has 0 bridgehead atoms. The van der Waals surface area contributed by atoms with E-state index in [1.165, 1.54) is 5.56 Å². The van der Waals surface area contributed by atoms with Crippen LogP contribution in [0.25, 0.3) is 0 Å². The van der Waals surface area contributed by atoms with E-state index in [1.54, 1.807) is 0 Å². The molecule has 1 aliphatic rings. The summed E-state index contributed by atoms with van der Waals surface area (Å²) in [6.45, 7) is 10.2. The van der Waals surface area contributed by atoms with Gasteiger partial charge in [-0.25, -0.2) is 10.0 Å². The number of benzene rings is 1. The summed E-state index contributed by atoms with van der Waals surface area (Å²) in [5.41, 5.74) is 1.44. The largest absolute Gasteiger partial charge is 0.236 e. The van der Waals surface area contributed by atoms with Gasteiger partial charge < -0.3 is 0 Å². The molecule has 0 radical (unpaired) electrons. The predicted octanol–water partition coefficient (Wildman–Crippen LogP) is 3.08. The predicted molar refractivity (Wildman–Crippen MR) is 68.0 cm³/mol. The Bertz CT molecular complexity index is 332. The van der Waals surface area contributed by atoms with Crippen molar-refractivity contribution in [3.8, 4) is 0 Å². The Kier molecular flexibility index (Phi) is 3.31. The van der Waals surface area contributed by atoms with Crippen molar-refractivity contribution in [2.45, 2.75) is 45.8 Å². The Hall–Kier alpha value is -0.860. The summed E-state index contributed by atoms with van der Waals surface area (Å²) < 4.78 is 0. The van der Waals surface area contributed by atoms with Crippen LogP contribution in [0.2, 0.25) is 0 Å². The molecule has 2 nitrogen and oxygen atoms in total. The fourth-order valence-electron chi connectivity index (χ4n) is 2.51. The molecule has 1 unspecified atom stereocenters. The van der Waals surface area contributed by atoms with Crippen LogP contribution in [0, 0.1) is 0 Å².